The van der Waals surface area contributed by atoms with Crippen LogP contribution in [0.1, 0.15) is 42.5 Å². The molecule has 2 aromatic heterocycles. The van der Waals surface area contributed by atoms with E-state index in [0.717, 1.165) is 17.1 Å². The SMILES string of the molecule is COC(=O)c1c(NC(=S)Nc2c(C)nn(Cc3cccc4ccccc34)c2C)sc(C(=O)N(C)C)c1C. The molecule has 0 saturated heterocycles. The number of aryl methyl sites for hydroxylation is 1. The highest BCUT2D eigenvalue weighted by atomic mass is 32.1. The number of esters is 1. The van der Waals surface area contributed by atoms with E-state index in [2.05, 4.69) is 41.0 Å². The Balaban J connectivity index is 1.59. The number of ether oxygens (including phenoxy) is 1. The van der Waals surface area contributed by atoms with Crippen molar-refractivity contribution >= 4 is 62.0 Å². The lowest BCUT2D eigenvalue weighted by Gasteiger charge is -2.12. The third-order valence-corrected chi connectivity index (χ3v) is 7.58. The number of nitrogens with one attached hydrogen (secondary N) is 2. The second kappa shape index (κ2) is 10.7. The number of carbonyl (C=O) groups excluding carboxylic acids is 2. The third-order valence-electron chi connectivity index (χ3n) is 6.18. The topological polar surface area (TPSA) is 88.5 Å². The van der Waals surface area contributed by atoms with Gasteiger partial charge in [-0.3, -0.25) is 9.48 Å². The van der Waals surface area contributed by atoms with Crippen LogP contribution in [0.25, 0.3) is 10.8 Å². The minimum absolute atomic E-state index is 0.194. The quantitative estimate of drug-likeness (QED) is 0.254. The van der Waals surface area contributed by atoms with Gasteiger partial charge >= 0.3 is 5.97 Å². The molecule has 2 aromatic carbocycles. The summed E-state index contributed by atoms with van der Waals surface area (Å²) in [6.07, 6.45) is 0. The molecular formula is C27H29N5O3S2. The molecule has 0 radical (unpaired) electrons. The number of nitrogens with zero attached hydrogens (tertiary/aromatic N) is 3. The van der Waals surface area contributed by atoms with Gasteiger partial charge in [-0.05, 0) is 54.9 Å². The predicted octanol–water partition coefficient (Wildman–Crippen LogP) is 5.37. The van der Waals surface area contributed by atoms with Gasteiger partial charge in [-0.15, -0.1) is 11.3 Å². The van der Waals surface area contributed by atoms with Gasteiger partial charge in [0.15, 0.2) is 5.11 Å². The number of hydrogen-bond donors (Lipinski definition) is 2. The average Bonchev–Trinajstić information content (AvgIpc) is 3.33. The summed E-state index contributed by atoms with van der Waals surface area (Å²) >= 11 is 6.76. The number of amides is 1. The van der Waals surface area contributed by atoms with Crippen molar-refractivity contribution in [2.45, 2.75) is 27.3 Å². The largest absolute Gasteiger partial charge is 0.465 e. The molecule has 0 atom stereocenters. The first-order chi connectivity index (χ1) is 17.6. The van der Waals surface area contributed by atoms with Crippen LogP contribution in [0.2, 0.25) is 0 Å². The zero-order valence-electron chi connectivity index (χ0n) is 21.6. The van der Waals surface area contributed by atoms with E-state index < -0.39 is 5.97 Å². The molecule has 1 amide bonds. The molecule has 2 N–H and O–H groups in total. The molecule has 0 unspecified atom stereocenters. The smallest absolute Gasteiger partial charge is 0.341 e. The van der Waals surface area contributed by atoms with E-state index in [4.69, 9.17) is 22.1 Å². The lowest BCUT2D eigenvalue weighted by Crippen LogP contribution is -2.21. The molecule has 8 nitrogen and oxygen atoms in total. The Kier molecular flexibility index (Phi) is 7.60. The Morgan fingerprint density at radius 3 is 2.49 bits per heavy atom. The monoisotopic (exact) mass is 535 g/mol. The summed E-state index contributed by atoms with van der Waals surface area (Å²) < 4.78 is 6.92. The van der Waals surface area contributed by atoms with Crippen molar-refractivity contribution in [3.05, 3.63) is 75.4 Å². The van der Waals surface area contributed by atoms with Crippen molar-refractivity contribution in [2.24, 2.45) is 0 Å². The minimum Gasteiger partial charge on any atom is -0.465 e. The molecule has 4 aromatic rings. The lowest BCUT2D eigenvalue weighted by atomic mass is 10.0. The number of rotatable bonds is 6. The number of benzene rings is 2. The van der Waals surface area contributed by atoms with Crippen molar-refractivity contribution in [3.63, 3.8) is 0 Å². The molecule has 4 rings (SSSR count). The lowest BCUT2D eigenvalue weighted by molar-refractivity contribution is 0.0601. The van der Waals surface area contributed by atoms with Gasteiger partial charge in [0, 0.05) is 14.1 Å². The molecule has 0 aliphatic heterocycles. The van der Waals surface area contributed by atoms with E-state index in [-0.39, 0.29) is 11.0 Å². The number of thiocarbonyl (C=S) groups is 1. The number of methoxy groups -OCH3 is 1. The van der Waals surface area contributed by atoms with Crippen LogP contribution in [0.4, 0.5) is 10.7 Å². The maximum Gasteiger partial charge on any atom is 0.341 e. The zero-order chi connectivity index (χ0) is 26.9. The van der Waals surface area contributed by atoms with Crippen LogP contribution in [0.3, 0.4) is 0 Å². The van der Waals surface area contributed by atoms with Crippen molar-refractivity contribution in [2.75, 3.05) is 31.8 Å². The Morgan fingerprint density at radius 2 is 1.78 bits per heavy atom. The number of thiophene rings is 1. The standard InChI is InChI=1S/C27H29N5O3S2/c1-15-21(26(34)35-6)24(37-23(15)25(33)31(4)5)29-27(36)28-22-16(2)30-32(17(22)3)14-19-12-9-11-18-10-7-8-13-20(18)19/h7-13H,14H2,1-6H3,(H2,28,29,36). The first kappa shape index (κ1) is 26.3. The Labute approximate surface area is 225 Å². The highest BCUT2D eigenvalue weighted by Gasteiger charge is 2.27. The van der Waals surface area contributed by atoms with E-state index in [1.165, 1.54) is 39.7 Å². The number of hydrogen-bond acceptors (Lipinski definition) is 6. The van der Waals surface area contributed by atoms with Crippen molar-refractivity contribution in [3.8, 4) is 0 Å². The van der Waals surface area contributed by atoms with Crippen LogP contribution in [0.15, 0.2) is 42.5 Å². The first-order valence-corrected chi connectivity index (χ1v) is 12.9. The number of carbonyl (C=O) groups is 2. The highest BCUT2D eigenvalue weighted by Crippen LogP contribution is 2.34. The van der Waals surface area contributed by atoms with Gasteiger partial charge in [0.25, 0.3) is 5.91 Å². The maximum atomic E-state index is 12.6. The van der Waals surface area contributed by atoms with E-state index in [0.29, 0.717) is 27.5 Å². The number of fused-ring (bicyclic) bond motifs is 1. The second-order valence-electron chi connectivity index (χ2n) is 8.87. The van der Waals surface area contributed by atoms with Gasteiger partial charge in [0.05, 0.1) is 41.2 Å². The van der Waals surface area contributed by atoms with Gasteiger partial charge < -0.3 is 20.3 Å². The molecule has 0 fully saturated rings. The van der Waals surface area contributed by atoms with Crippen LogP contribution in [-0.4, -0.2) is 52.9 Å². The van der Waals surface area contributed by atoms with Crippen molar-refractivity contribution in [1.82, 2.24) is 14.7 Å². The molecule has 0 aliphatic rings. The molecule has 192 valence electrons. The van der Waals surface area contributed by atoms with E-state index in [1.54, 1.807) is 21.0 Å². The van der Waals surface area contributed by atoms with Crippen LogP contribution in [0, 0.1) is 20.8 Å². The molecule has 37 heavy (non-hydrogen) atoms. The third kappa shape index (κ3) is 5.21. The fraction of sp³-hybridized carbons (Fsp3) is 0.259. The minimum atomic E-state index is -0.535. The summed E-state index contributed by atoms with van der Waals surface area (Å²) in [6, 6.07) is 14.6. The van der Waals surface area contributed by atoms with Gasteiger partial charge in [0.1, 0.15) is 5.00 Å². The fourth-order valence-corrected chi connectivity index (χ4v) is 5.72. The summed E-state index contributed by atoms with van der Waals surface area (Å²) in [5.41, 5.74) is 4.52. The number of aromatic nitrogens is 2. The zero-order valence-corrected chi connectivity index (χ0v) is 23.3. The second-order valence-corrected chi connectivity index (χ2v) is 10.3. The van der Waals surface area contributed by atoms with Gasteiger partial charge in [-0.25, -0.2) is 4.79 Å². The maximum absolute atomic E-state index is 12.6. The van der Waals surface area contributed by atoms with Crippen molar-refractivity contribution < 1.29 is 14.3 Å². The Bertz CT molecular complexity index is 1510. The van der Waals surface area contributed by atoms with Gasteiger partial charge in [-0.1, -0.05) is 42.5 Å². The van der Waals surface area contributed by atoms with Gasteiger partial charge in [-0.2, -0.15) is 5.10 Å². The van der Waals surface area contributed by atoms with Gasteiger partial charge in [0.2, 0.25) is 0 Å². The summed E-state index contributed by atoms with van der Waals surface area (Å²) in [5, 5.41) is 14.2. The molecule has 0 saturated carbocycles. The average molecular weight is 536 g/mol. The van der Waals surface area contributed by atoms with Crippen LogP contribution < -0.4 is 10.6 Å². The first-order valence-electron chi connectivity index (χ1n) is 11.6. The summed E-state index contributed by atoms with van der Waals surface area (Å²) in [5.74, 6) is -0.729. The van der Waals surface area contributed by atoms with E-state index in [1.807, 2.05) is 30.7 Å². The summed E-state index contributed by atoms with van der Waals surface area (Å²) in [7, 11) is 4.64. The number of anilines is 2. The van der Waals surface area contributed by atoms with Crippen LogP contribution in [-0.2, 0) is 11.3 Å². The van der Waals surface area contributed by atoms with Crippen molar-refractivity contribution in [1.29, 1.82) is 0 Å². The molecule has 0 aliphatic carbocycles. The highest BCUT2D eigenvalue weighted by molar-refractivity contribution is 7.80. The molecule has 10 heteroatoms. The summed E-state index contributed by atoms with van der Waals surface area (Å²) in [4.78, 5) is 27.1. The normalized spacial score (nSPS) is 10.9. The molecule has 0 spiro atoms. The Morgan fingerprint density at radius 1 is 1.08 bits per heavy atom. The molecule has 0 bridgehead atoms. The van der Waals surface area contributed by atoms with E-state index >= 15 is 0 Å². The Hall–Kier alpha value is -3.76. The summed E-state index contributed by atoms with van der Waals surface area (Å²) in [6.45, 7) is 6.24. The van der Waals surface area contributed by atoms with E-state index in [9.17, 15) is 9.59 Å². The predicted molar refractivity (Wildman–Crippen MR) is 153 cm³/mol. The molecule has 2 heterocycles. The molecular weight excluding hydrogens is 506 g/mol. The fourth-order valence-electron chi connectivity index (χ4n) is 4.23. The van der Waals surface area contributed by atoms with Crippen LogP contribution in [0.5, 0.6) is 0 Å². The van der Waals surface area contributed by atoms with Crippen LogP contribution >= 0.6 is 23.6 Å².